The predicted molar refractivity (Wildman–Crippen MR) is 72.5 cm³/mol. The van der Waals surface area contributed by atoms with Gasteiger partial charge in [-0.2, -0.15) is 0 Å². The largest absolute Gasteiger partial charge is 0.342 e. The Bertz CT molecular complexity index is 569. The number of rotatable bonds is 2. The Balaban J connectivity index is 2.28. The third kappa shape index (κ3) is 2.66. The highest BCUT2D eigenvalue weighted by molar-refractivity contribution is 9.10. The zero-order valence-electron chi connectivity index (χ0n) is 9.97. The molecule has 0 fully saturated rings. The first-order valence-electron chi connectivity index (χ1n) is 5.33. The summed E-state index contributed by atoms with van der Waals surface area (Å²) < 4.78 is -0.578. The number of fused-ring (bicyclic) bond motifs is 1. The average molecular weight is 296 g/mol. The van der Waals surface area contributed by atoms with Gasteiger partial charge in [0.25, 0.3) is 0 Å². The minimum absolute atomic E-state index is 0.0758. The van der Waals surface area contributed by atoms with Crippen LogP contribution < -0.4 is 5.32 Å². The summed E-state index contributed by atoms with van der Waals surface area (Å²) in [4.78, 5) is 19.2. The number of amides is 1. The van der Waals surface area contributed by atoms with E-state index < -0.39 is 4.32 Å². The Morgan fingerprint density at radius 2 is 2.18 bits per heavy atom. The highest BCUT2D eigenvalue weighted by atomic mass is 79.9. The summed E-state index contributed by atoms with van der Waals surface area (Å²) in [6.07, 6.45) is 0. The summed E-state index contributed by atoms with van der Waals surface area (Å²) in [6.45, 7) is 5.52. The summed E-state index contributed by atoms with van der Waals surface area (Å²) in [6, 6.07) is 5.61. The molecule has 1 aromatic heterocycles. The number of aromatic amines is 1. The fourth-order valence-corrected chi connectivity index (χ4v) is 1.59. The molecule has 2 N–H and O–H groups in total. The molecule has 2 aromatic rings. The molecule has 1 aromatic carbocycles. The average Bonchev–Trinajstić information content (AvgIpc) is 2.55. The van der Waals surface area contributed by atoms with Gasteiger partial charge in [-0.25, -0.2) is 4.98 Å². The molecule has 17 heavy (non-hydrogen) atoms. The molecule has 0 aliphatic rings. The van der Waals surface area contributed by atoms with Gasteiger partial charge >= 0.3 is 0 Å². The van der Waals surface area contributed by atoms with Crippen LogP contribution in [0.25, 0.3) is 11.0 Å². The Kier molecular flexibility index (Phi) is 2.95. The van der Waals surface area contributed by atoms with E-state index in [0.717, 1.165) is 22.5 Å². The number of halogens is 1. The van der Waals surface area contributed by atoms with Crippen LogP contribution in [0.5, 0.6) is 0 Å². The number of hydrogen-bond donors (Lipinski definition) is 2. The quantitative estimate of drug-likeness (QED) is 0.837. The third-order valence-corrected chi connectivity index (χ3v) is 2.76. The van der Waals surface area contributed by atoms with Crippen LogP contribution in [0.1, 0.15) is 19.7 Å². The summed E-state index contributed by atoms with van der Waals surface area (Å²) in [5.41, 5.74) is 2.59. The number of H-pyrrole nitrogens is 1. The molecule has 1 amide bonds. The van der Waals surface area contributed by atoms with Gasteiger partial charge < -0.3 is 10.3 Å². The second kappa shape index (κ2) is 4.14. The van der Waals surface area contributed by atoms with Gasteiger partial charge in [0, 0.05) is 5.69 Å². The van der Waals surface area contributed by atoms with E-state index in [0.29, 0.717) is 0 Å². The van der Waals surface area contributed by atoms with Crippen molar-refractivity contribution in [1.82, 2.24) is 9.97 Å². The van der Waals surface area contributed by atoms with Crippen molar-refractivity contribution in [3.8, 4) is 0 Å². The van der Waals surface area contributed by atoms with Gasteiger partial charge in [0.15, 0.2) is 0 Å². The lowest BCUT2D eigenvalue weighted by Crippen LogP contribution is -2.30. The van der Waals surface area contributed by atoms with Gasteiger partial charge in [-0.3, -0.25) is 4.79 Å². The van der Waals surface area contributed by atoms with Gasteiger partial charge in [-0.05, 0) is 39.0 Å². The molecule has 0 radical (unpaired) electrons. The zero-order valence-corrected chi connectivity index (χ0v) is 11.6. The van der Waals surface area contributed by atoms with Crippen molar-refractivity contribution in [2.45, 2.75) is 25.1 Å². The molecule has 0 saturated heterocycles. The summed E-state index contributed by atoms with van der Waals surface area (Å²) in [5, 5.41) is 2.85. The summed E-state index contributed by atoms with van der Waals surface area (Å²) in [5.74, 6) is 0.789. The molecule has 0 bridgehead atoms. The number of anilines is 1. The summed E-state index contributed by atoms with van der Waals surface area (Å²) in [7, 11) is 0. The zero-order chi connectivity index (χ0) is 12.6. The van der Waals surface area contributed by atoms with Crippen LogP contribution in [0.4, 0.5) is 5.69 Å². The van der Waals surface area contributed by atoms with Crippen molar-refractivity contribution in [3.05, 3.63) is 24.0 Å². The molecule has 0 atom stereocenters. The van der Waals surface area contributed by atoms with Crippen LogP contribution in [0.15, 0.2) is 18.2 Å². The standard InChI is InChI=1S/C12H14BrN3O/c1-7-14-9-5-4-8(6-10(9)15-7)16-11(17)12(2,3)13/h4-6H,1-3H3,(H,14,15)(H,16,17). The first-order valence-corrected chi connectivity index (χ1v) is 6.12. The molecule has 5 heteroatoms. The number of benzene rings is 1. The number of carbonyl (C=O) groups is 1. The van der Waals surface area contributed by atoms with Crippen LogP contribution in [-0.2, 0) is 4.79 Å². The Labute approximate surface area is 108 Å². The Hall–Kier alpha value is -1.36. The van der Waals surface area contributed by atoms with Gasteiger partial charge in [0.1, 0.15) is 5.82 Å². The maximum absolute atomic E-state index is 11.8. The number of nitrogens with one attached hydrogen (secondary N) is 2. The number of nitrogens with zero attached hydrogens (tertiary/aromatic N) is 1. The van der Waals surface area contributed by atoms with Crippen LogP contribution in [0, 0.1) is 6.92 Å². The second-order valence-electron chi connectivity index (χ2n) is 4.48. The SMILES string of the molecule is Cc1nc2ccc(NC(=O)C(C)(C)Br)cc2[nH]1. The molecule has 0 aliphatic carbocycles. The van der Waals surface area contributed by atoms with E-state index in [9.17, 15) is 4.79 Å². The lowest BCUT2D eigenvalue weighted by Gasteiger charge is -2.15. The van der Waals surface area contributed by atoms with Gasteiger partial charge in [-0.1, -0.05) is 15.9 Å². The minimum atomic E-state index is -0.578. The highest BCUT2D eigenvalue weighted by Gasteiger charge is 2.23. The van der Waals surface area contributed by atoms with E-state index >= 15 is 0 Å². The van der Waals surface area contributed by atoms with E-state index in [4.69, 9.17) is 0 Å². The van der Waals surface area contributed by atoms with E-state index in [-0.39, 0.29) is 5.91 Å². The van der Waals surface area contributed by atoms with Crippen molar-refractivity contribution >= 4 is 38.6 Å². The van der Waals surface area contributed by atoms with Gasteiger partial charge in [0.05, 0.1) is 15.4 Å². The van der Waals surface area contributed by atoms with Crippen molar-refractivity contribution in [2.24, 2.45) is 0 Å². The number of aromatic nitrogens is 2. The molecule has 4 nitrogen and oxygen atoms in total. The first-order chi connectivity index (χ1) is 7.86. The molecule has 90 valence electrons. The number of imidazole rings is 1. The van der Waals surface area contributed by atoms with Gasteiger partial charge in [0.2, 0.25) is 5.91 Å². The highest BCUT2D eigenvalue weighted by Crippen LogP contribution is 2.21. The van der Waals surface area contributed by atoms with E-state index in [1.165, 1.54) is 0 Å². The Morgan fingerprint density at radius 3 is 2.82 bits per heavy atom. The minimum Gasteiger partial charge on any atom is -0.342 e. The van der Waals surface area contributed by atoms with Gasteiger partial charge in [-0.15, -0.1) is 0 Å². The van der Waals surface area contributed by atoms with E-state index in [1.807, 2.05) is 25.1 Å². The molecule has 0 spiro atoms. The van der Waals surface area contributed by atoms with Crippen molar-refractivity contribution in [2.75, 3.05) is 5.32 Å². The topological polar surface area (TPSA) is 57.8 Å². The van der Waals surface area contributed by atoms with E-state index in [1.54, 1.807) is 13.8 Å². The molecule has 0 aliphatic heterocycles. The van der Waals surface area contributed by atoms with E-state index in [2.05, 4.69) is 31.2 Å². The Morgan fingerprint density at radius 1 is 1.47 bits per heavy atom. The maximum Gasteiger partial charge on any atom is 0.240 e. The lowest BCUT2D eigenvalue weighted by atomic mass is 10.2. The number of alkyl halides is 1. The fourth-order valence-electron chi connectivity index (χ4n) is 1.49. The van der Waals surface area contributed by atoms with Crippen LogP contribution in [-0.4, -0.2) is 20.2 Å². The summed E-state index contributed by atoms with van der Waals surface area (Å²) >= 11 is 3.32. The van der Waals surface area contributed by atoms with Crippen LogP contribution in [0.3, 0.4) is 0 Å². The first kappa shape index (κ1) is 12.1. The third-order valence-electron chi connectivity index (χ3n) is 2.40. The molecule has 1 heterocycles. The van der Waals surface area contributed by atoms with Crippen molar-refractivity contribution in [3.63, 3.8) is 0 Å². The van der Waals surface area contributed by atoms with Crippen molar-refractivity contribution < 1.29 is 4.79 Å². The fraction of sp³-hybridized carbons (Fsp3) is 0.333. The smallest absolute Gasteiger partial charge is 0.240 e. The molecular weight excluding hydrogens is 282 g/mol. The van der Waals surface area contributed by atoms with Crippen molar-refractivity contribution in [1.29, 1.82) is 0 Å². The van der Waals surface area contributed by atoms with Crippen LogP contribution >= 0.6 is 15.9 Å². The molecule has 0 unspecified atom stereocenters. The number of hydrogen-bond acceptors (Lipinski definition) is 2. The number of carbonyl (C=O) groups excluding carboxylic acids is 1. The lowest BCUT2D eigenvalue weighted by molar-refractivity contribution is -0.117. The normalized spacial score (nSPS) is 11.8. The maximum atomic E-state index is 11.8. The van der Waals surface area contributed by atoms with Crippen LogP contribution in [0.2, 0.25) is 0 Å². The predicted octanol–water partition coefficient (Wildman–Crippen LogP) is 2.98. The molecule has 0 saturated carbocycles. The number of aryl methyl sites for hydroxylation is 1. The second-order valence-corrected chi connectivity index (χ2v) is 6.46. The molecular formula is C12H14BrN3O. The molecule has 2 rings (SSSR count). The monoisotopic (exact) mass is 295 g/mol.